The van der Waals surface area contributed by atoms with Crippen LogP contribution in [0.4, 0.5) is 0 Å². The van der Waals surface area contributed by atoms with Crippen LogP contribution in [0, 0.1) is 0 Å². The molecule has 7 heteroatoms. The van der Waals surface area contributed by atoms with Gasteiger partial charge in [-0.2, -0.15) is 11.8 Å². The van der Waals surface area contributed by atoms with Gasteiger partial charge < -0.3 is 0 Å². The Hall–Kier alpha value is -1.31. The summed E-state index contributed by atoms with van der Waals surface area (Å²) in [5, 5.41) is 0.332. The molecule has 4 nitrogen and oxygen atoms in total. The van der Waals surface area contributed by atoms with E-state index < -0.39 is 24.3 Å². The van der Waals surface area contributed by atoms with Crippen molar-refractivity contribution in [1.29, 1.82) is 0 Å². The van der Waals surface area contributed by atoms with Crippen molar-refractivity contribution in [2.75, 3.05) is 5.75 Å². The van der Waals surface area contributed by atoms with Gasteiger partial charge in [-0.3, -0.25) is 0 Å². The molecule has 0 aromatic heterocycles. The minimum Gasteiger partial charge on any atom is -0.222 e. The van der Waals surface area contributed by atoms with Gasteiger partial charge in [-0.1, -0.05) is 55.7 Å². The van der Waals surface area contributed by atoms with Gasteiger partial charge in [0.1, 0.15) is 0 Å². The Balaban J connectivity index is 1.96. The average Bonchev–Trinajstić information content (AvgIpc) is 2.70. The number of benzene rings is 2. The summed E-state index contributed by atoms with van der Waals surface area (Å²) in [4.78, 5) is 0.109. The van der Waals surface area contributed by atoms with Gasteiger partial charge in [0.05, 0.1) is 9.79 Å². The number of thioether (sulfide) groups is 1. The van der Waals surface area contributed by atoms with Crippen LogP contribution in [-0.2, 0) is 19.7 Å². The second-order valence-corrected chi connectivity index (χ2v) is 12.6. The maximum atomic E-state index is 13.2. The lowest BCUT2D eigenvalue weighted by Gasteiger charge is -2.24. The van der Waals surface area contributed by atoms with E-state index in [9.17, 15) is 16.8 Å². The zero-order valence-electron chi connectivity index (χ0n) is 15.0. The molecule has 0 bridgehead atoms. The molecule has 0 aliphatic heterocycles. The topological polar surface area (TPSA) is 68.3 Å². The first-order chi connectivity index (χ1) is 12.9. The first-order valence-corrected chi connectivity index (χ1v) is 13.3. The second-order valence-electron chi connectivity index (χ2n) is 6.74. The summed E-state index contributed by atoms with van der Waals surface area (Å²) >= 11 is 1.49. The van der Waals surface area contributed by atoms with Crippen molar-refractivity contribution < 1.29 is 16.8 Å². The van der Waals surface area contributed by atoms with E-state index in [1.165, 1.54) is 42.4 Å². The fraction of sp³-hybridized carbons (Fsp3) is 0.400. The Kier molecular flexibility index (Phi) is 6.65. The molecule has 0 atom stereocenters. The summed E-state index contributed by atoms with van der Waals surface area (Å²) in [7, 11) is -8.03. The van der Waals surface area contributed by atoms with Gasteiger partial charge in [0.25, 0.3) is 0 Å². The third-order valence-electron chi connectivity index (χ3n) is 4.86. The predicted molar refractivity (Wildman–Crippen MR) is 110 cm³/mol. The average molecular weight is 425 g/mol. The molecule has 1 fully saturated rings. The highest BCUT2D eigenvalue weighted by atomic mass is 32.3. The molecule has 1 aliphatic carbocycles. The SMILES string of the molecule is O=S(=O)(c1ccccc1)C(CSC1CCCCC1)S(=O)(=O)c1ccccc1. The summed E-state index contributed by atoms with van der Waals surface area (Å²) in [6.07, 6.45) is 5.49. The van der Waals surface area contributed by atoms with E-state index in [4.69, 9.17) is 0 Å². The molecule has 0 saturated heterocycles. The Labute approximate surface area is 166 Å². The largest absolute Gasteiger partial charge is 0.222 e. The lowest BCUT2D eigenvalue weighted by molar-refractivity contribution is 0.516. The van der Waals surface area contributed by atoms with Crippen molar-refractivity contribution in [2.45, 2.75) is 51.7 Å². The highest BCUT2D eigenvalue weighted by Crippen LogP contribution is 2.33. The number of sulfone groups is 2. The second kappa shape index (κ2) is 8.80. The lowest BCUT2D eigenvalue weighted by Crippen LogP contribution is -2.34. The summed E-state index contributed by atoms with van der Waals surface area (Å²) in [6.45, 7) is 0. The van der Waals surface area contributed by atoms with Crippen molar-refractivity contribution in [3.8, 4) is 0 Å². The monoisotopic (exact) mass is 424 g/mol. The zero-order chi connectivity index (χ0) is 19.3. The maximum Gasteiger partial charge on any atom is 0.196 e. The van der Waals surface area contributed by atoms with E-state index in [1.54, 1.807) is 36.4 Å². The molecular formula is C20H24O4S3. The minimum absolute atomic E-state index is 0.0544. The van der Waals surface area contributed by atoms with Gasteiger partial charge in [-0.15, -0.1) is 0 Å². The predicted octanol–water partition coefficient (Wildman–Crippen LogP) is 4.33. The van der Waals surface area contributed by atoms with E-state index in [0.717, 1.165) is 25.7 Å². The number of hydrogen-bond donors (Lipinski definition) is 0. The van der Waals surface area contributed by atoms with Crippen molar-refractivity contribution in [2.24, 2.45) is 0 Å². The minimum atomic E-state index is -4.02. The first-order valence-electron chi connectivity index (χ1n) is 9.12. The van der Waals surface area contributed by atoms with Gasteiger partial charge in [0, 0.05) is 11.0 Å². The smallest absolute Gasteiger partial charge is 0.196 e. The van der Waals surface area contributed by atoms with E-state index in [-0.39, 0.29) is 15.5 Å². The molecule has 2 aromatic carbocycles. The van der Waals surface area contributed by atoms with Crippen LogP contribution >= 0.6 is 11.8 Å². The molecule has 0 unspecified atom stereocenters. The molecule has 146 valence electrons. The van der Waals surface area contributed by atoms with Gasteiger partial charge in [-0.25, -0.2) is 16.8 Å². The van der Waals surface area contributed by atoms with Crippen LogP contribution in [0.2, 0.25) is 0 Å². The van der Waals surface area contributed by atoms with Crippen LogP contribution in [-0.4, -0.2) is 32.4 Å². The molecule has 0 amide bonds. The third kappa shape index (κ3) is 4.76. The molecule has 1 saturated carbocycles. The van der Waals surface area contributed by atoms with Crippen molar-refractivity contribution in [3.63, 3.8) is 0 Å². The van der Waals surface area contributed by atoms with Gasteiger partial charge in [-0.05, 0) is 37.1 Å². The maximum absolute atomic E-state index is 13.2. The molecule has 0 N–H and O–H groups in total. The molecule has 3 rings (SSSR count). The Morgan fingerprint density at radius 3 is 1.63 bits per heavy atom. The van der Waals surface area contributed by atoms with Gasteiger partial charge in [0.2, 0.25) is 0 Å². The van der Waals surface area contributed by atoms with Crippen molar-refractivity contribution in [3.05, 3.63) is 60.7 Å². The van der Waals surface area contributed by atoms with E-state index in [1.807, 2.05) is 0 Å². The van der Waals surface area contributed by atoms with Crippen LogP contribution in [0.15, 0.2) is 70.5 Å². The summed E-state index contributed by atoms with van der Waals surface area (Å²) in [5.74, 6) is 0.0547. The zero-order valence-corrected chi connectivity index (χ0v) is 17.5. The quantitative estimate of drug-likeness (QED) is 0.662. The Morgan fingerprint density at radius 2 is 1.19 bits per heavy atom. The Bertz CT molecular complexity index is 864. The van der Waals surface area contributed by atoms with Crippen LogP contribution in [0.25, 0.3) is 0 Å². The van der Waals surface area contributed by atoms with E-state index in [0.29, 0.717) is 5.25 Å². The van der Waals surface area contributed by atoms with E-state index in [2.05, 4.69) is 0 Å². The fourth-order valence-corrected chi connectivity index (χ4v) is 10.00. The number of hydrogen-bond acceptors (Lipinski definition) is 5. The molecular weight excluding hydrogens is 400 g/mol. The fourth-order valence-electron chi connectivity index (χ4n) is 3.32. The Morgan fingerprint density at radius 1 is 0.741 bits per heavy atom. The molecule has 2 aromatic rings. The highest BCUT2D eigenvalue weighted by Gasteiger charge is 2.40. The summed E-state index contributed by atoms with van der Waals surface area (Å²) in [5.41, 5.74) is 0. The van der Waals surface area contributed by atoms with Crippen LogP contribution < -0.4 is 0 Å². The molecule has 0 radical (unpaired) electrons. The van der Waals surface area contributed by atoms with Crippen LogP contribution in [0.3, 0.4) is 0 Å². The first kappa shape index (κ1) is 20.4. The van der Waals surface area contributed by atoms with Gasteiger partial charge in [0.15, 0.2) is 24.3 Å². The van der Waals surface area contributed by atoms with Gasteiger partial charge >= 0.3 is 0 Å². The van der Waals surface area contributed by atoms with Crippen molar-refractivity contribution >= 4 is 31.4 Å². The van der Waals surface area contributed by atoms with Crippen molar-refractivity contribution in [1.82, 2.24) is 0 Å². The molecule has 0 heterocycles. The number of rotatable bonds is 7. The summed E-state index contributed by atoms with van der Waals surface area (Å²) < 4.78 is 51.4. The normalized spacial score (nSPS) is 16.5. The van der Waals surface area contributed by atoms with Crippen LogP contribution in [0.1, 0.15) is 32.1 Å². The summed E-state index contributed by atoms with van der Waals surface area (Å²) in [6, 6.07) is 15.8. The molecule has 0 spiro atoms. The van der Waals surface area contributed by atoms with E-state index >= 15 is 0 Å². The highest BCUT2D eigenvalue weighted by molar-refractivity contribution is 8.11. The third-order valence-corrected chi connectivity index (χ3v) is 11.8. The van der Waals surface area contributed by atoms with Crippen LogP contribution in [0.5, 0.6) is 0 Å². The molecule has 1 aliphatic rings. The standard InChI is InChI=1S/C20H24O4S3/c21-26(22,18-12-6-2-7-13-18)20(16-25-17-10-4-1-5-11-17)27(23,24)19-14-8-3-9-15-19/h2-3,6-9,12-15,17,20H,1,4-5,10-11,16H2. The molecule has 27 heavy (non-hydrogen) atoms. The lowest BCUT2D eigenvalue weighted by atomic mass is 10.0.